The molecule has 4 aromatic heterocycles. The molecule has 0 unspecified atom stereocenters. The number of rotatable bonds is 11. The van der Waals surface area contributed by atoms with Crippen LogP contribution in [0.4, 0.5) is 21.4 Å². The number of piperidine rings is 1. The first-order valence-electron chi connectivity index (χ1n) is 18.2. The molecule has 1 aliphatic rings. The topological polar surface area (TPSA) is 165 Å². The van der Waals surface area contributed by atoms with Gasteiger partial charge in [0.1, 0.15) is 29.8 Å². The van der Waals surface area contributed by atoms with E-state index in [1.807, 2.05) is 73.1 Å². The highest BCUT2D eigenvalue weighted by molar-refractivity contribution is 7.22. The van der Waals surface area contributed by atoms with Crippen LogP contribution in [-0.2, 0) is 17.9 Å². The number of ether oxygens (including phenoxy) is 2. The third-order valence-corrected chi connectivity index (χ3v) is 10.8. The summed E-state index contributed by atoms with van der Waals surface area (Å²) in [6.45, 7) is 5.68. The summed E-state index contributed by atoms with van der Waals surface area (Å²) in [6.07, 6.45) is 5.58. The summed E-state index contributed by atoms with van der Waals surface area (Å²) in [5.74, 6) is -0.581. The Morgan fingerprint density at radius 1 is 0.964 bits per heavy atom. The first kappa shape index (κ1) is 36.2. The van der Waals surface area contributed by atoms with E-state index in [0.717, 1.165) is 21.5 Å². The molecule has 7 aromatic rings. The molecule has 284 valence electrons. The van der Waals surface area contributed by atoms with Gasteiger partial charge in [0, 0.05) is 61.6 Å². The number of carbonyl (C=O) groups is 3. The van der Waals surface area contributed by atoms with Crippen molar-refractivity contribution in [3.05, 3.63) is 120 Å². The van der Waals surface area contributed by atoms with Gasteiger partial charge in [0.25, 0.3) is 5.91 Å². The molecular formula is C41H38N8O6S. The number of hydrogen-bond donors (Lipinski definition) is 3. The van der Waals surface area contributed by atoms with Gasteiger partial charge in [-0.3, -0.25) is 19.2 Å². The number of benzene rings is 3. The molecule has 56 heavy (non-hydrogen) atoms. The van der Waals surface area contributed by atoms with Gasteiger partial charge in [-0.05, 0) is 49.7 Å². The summed E-state index contributed by atoms with van der Waals surface area (Å²) >= 11 is 1.37. The number of nitrogens with one attached hydrogen (secondary N) is 2. The minimum atomic E-state index is -1.13. The fourth-order valence-corrected chi connectivity index (χ4v) is 7.75. The van der Waals surface area contributed by atoms with E-state index in [-0.39, 0.29) is 30.0 Å². The standard InChI is InChI=1S/C41H38N8O6S/c1-3-49-25(2)31(22-43-49)29-17-20-48-35(23-42-37(48)36(29)39(51)52)44-33-21-28(13-14-30(33)38(50)46-40-45-32-11-7-8-12-34(32)56-40)55-27-15-18-47(19-16-27)41(53)54-24-26-9-5-4-6-10-26/h4-14,17,20-23,27,44H,3,15-16,18-19,24H2,1-2H3,(H,51,52)(H,45,46,50). The Kier molecular flexibility index (Phi) is 10.1. The van der Waals surface area contributed by atoms with Crippen LogP contribution < -0.4 is 15.4 Å². The van der Waals surface area contributed by atoms with Gasteiger partial charge in [-0.15, -0.1) is 0 Å². The maximum Gasteiger partial charge on any atom is 0.410 e. The predicted octanol–water partition coefficient (Wildman–Crippen LogP) is 8.01. The zero-order chi connectivity index (χ0) is 38.8. The average molecular weight is 771 g/mol. The van der Waals surface area contributed by atoms with Crippen LogP contribution >= 0.6 is 11.3 Å². The Bertz CT molecular complexity index is 2540. The number of hydrogen-bond acceptors (Lipinski definition) is 10. The number of anilines is 3. The van der Waals surface area contributed by atoms with E-state index in [4.69, 9.17) is 9.47 Å². The van der Waals surface area contributed by atoms with E-state index in [0.29, 0.717) is 71.6 Å². The summed E-state index contributed by atoms with van der Waals surface area (Å²) in [7, 11) is 0. The SMILES string of the molecule is CCn1ncc(-c2ccn3c(Nc4cc(OC5CCN(C(=O)OCc6ccccc6)CC5)ccc4C(=O)Nc4nc5ccccc5s4)cnc3c2C(=O)O)c1C. The molecule has 2 amide bonds. The molecule has 0 spiro atoms. The van der Waals surface area contributed by atoms with Crippen LogP contribution in [-0.4, -0.2) is 71.3 Å². The van der Waals surface area contributed by atoms with Gasteiger partial charge in [0.05, 0.1) is 33.9 Å². The van der Waals surface area contributed by atoms with E-state index in [1.54, 1.807) is 46.0 Å². The van der Waals surface area contributed by atoms with Crippen molar-refractivity contribution in [3.63, 3.8) is 0 Å². The smallest absolute Gasteiger partial charge is 0.410 e. The number of carboxylic acids is 1. The van der Waals surface area contributed by atoms with E-state index >= 15 is 0 Å². The van der Waals surface area contributed by atoms with Gasteiger partial charge in [-0.1, -0.05) is 53.8 Å². The van der Waals surface area contributed by atoms with Crippen molar-refractivity contribution in [2.45, 2.75) is 45.9 Å². The van der Waals surface area contributed by atoms with Gasteiger partial charge in [-0.2, -0.15) is 5.10 Å². The second-order valence-corrected chi connectivity index (χ2v) is 14.4. The summed E-state index contributed by atoms with van der Waals surface area (Å²) in [5, 5.41) is 21.5. The number of amides is 2. The zero-order valence-corrected chi connectivity index (χ0v) is 31.5. The van der Waals surface area contributed by atoms with Gasteiger partial charge < -0.3 is 24.8 Å². The van der Waals surface area contributed by atoms with E-state index in [9.17, 15) is 19.5 Å². The van der Waals surface area contributed by atoms with Crippen molar-refractivity contribution in [2.75, 3.05) is 23.7 Å². The fraction of sp³-hybridized carbons (Fsp3) is 0.220. The van der Waals surface area contributed by atoms with Crippen molar-refractivity contribution < 1.29 is 29.0 Å². The Morgan fingerprint density at radius 2 is 1.75 bits per heavy atom. The molecule has 3 N–H and O–H groups in total. The number of nitrogens with zero attached hydrogens (tertiary/aromatic N) is 6. The highest BCUT2D eigenvalue weighted by Crippen LogP contribution is 2.34. The third kappa shape index (κ3) is 7.36. The molecule has 5 heterocycles. The molecule has 0 saturated carbocycles. The number of para-hydroxylation sites is 1. The van der Waals surface area contributed by atoms with E-state index < -0.39 is 11.9 Å². The van der Waals surface area contributed by atoms with Crippen LogP contribution in [0.2, 0.25) is 0 Å². The molecule has 15 heteroatoms. The molecule has 0 aliphatic carbocycles. The maximum atomic E-state index is 13.9. The second-order valence-electron chi connectivity index (χ2n) is 13.3. The van der Waals surface area contributed by atoms with Gasteiger partial charge in [0.2, 0.25) is 0 Å². The number of thiazole rings is 1. The lowest BCUT2D eigenvalue weighted by Crippen LogP contribution is -2.42. The number of aromatic carboxylic acids is 1. The van der Waals surface area contributed by atoms with Crippen LogP contribution in [0, 0.1) is 6.92 Å². The van der Waals surface area contributed by atoms with Crippen LogP contribution in [0.15, 0.2) is 97.5 Å². The Hall–Kier alpha value is -6.74. The fourth-order valence-electron chi connectivity index (χ4n) is 6.89. The van der Waals surface area contributed by atoms with Crippen LogP contribution in [0.5, 0.6) is 5.75 Å². The normalized spacial score (nSPS) is 13.2. The summed E-state index contributed by atoms with van der Waals surface area (Å²) < 4.78 is 16.3. The minimum absolute atomic E-state index is 0.0282. The van der Waals surface area contributed by atoms with Crippen molar-refractivity contribution in [1.29, 1.82) is 0 Å². The monoisotopic (exact) mass is 770 g/mol. The second kappa shape index (κ2) is 15.5. The molecule has 0 bridgehead atoms. The van der Waals surface area contributed by atoms with Crippen LogP contribution in [0.1, 0.15) is 51.7 Å². The molecular weight excluding hydrogens is 733 g/mol. The highest BCUT2D eigenvalue weighted by atomic mass is 32.1. The van der Waals surface area contributed by atoms with Gasteiger partial charge >= 0.3 is 12.1 Å². The Labute approximate surface area is 325 Å². The first-order chi connectivity index (χ1) is 27.2. The number of imidazole rings is 1. The molecule has 1 aliphatic heterocycles. The molecule has 1 saturated heterocycles. The Morgan fingerprint density at radius 3 is 2.50 bits per heavy atom. The van der Waals surface area contributed by atoms with Crippen molar-refractivity contribution in [3.8, 4) is 16.9 Å². The molecule has 1 fully saturated rings. The number of carbonyl (C=O) groups excluding carboxylic acids is 2. The minimum Gasteiger partial charge on any atom is -0.490 e. The lowest BCUT2D eigenvalue weighted by Gasteiger charge is -2.31. The number of aromatic nitrogens is 5. The number of likely N-dealkylation sites (tertiary alicyclic amines) is 1. The lowest BCUT2D eigenvalue weighted by atomic mass is 10.0. The summed E-state index contributed by atoms with van der Waals surface area (Å²) in [4.78, 5) is 50.1. The van der Waals surface area contributed by atoms with Crippen LogP contribution in [0.25, 0.3) is 27.0 Å². The Balaban J connectivity index is 1.05. The average Bonchev–Trinajstić information content (AvgIpc) is 3.93. The van der Waals surface area contributed by atoms with Gasteiger partial charge in [-0.25, -0.2) is 19.6 Å². The van der Waals surface area contributed by atoms with Crippen molar-refractivity contribution >= 4 is 61.8 Å². The van der Waals surface area contributed by atoms with Gasteiger partial charge in [0.15, 0.2) is 10.8 Å². The summed E-state index contributed by atoms with van der Waals surface area (Å²) in [6, 6.07) is 24.1. The number of pyridine rings is 1. The molecule has 14 nitrogen and oxygen atoms in total. The van der Waals surface area contributed by atoms with E-state index in [2.05, 4.69) is 25.7 Å². The number of fused-ring (bicyclic) bond motifs is 2. The van der Waals surface area contributed by atoms with Crippen LogP contribution in [0.3, 0.4) is 0 Å². The zero-order valence-electron chi connectivity index (χ0n) is 30.6. The number of aryl methyl sites for hydroxylation is 1. The summed E-state index contributed by atoms with van der Waals surface area (Å²) in [5.41, 5.74) is 4.72. The number of carboxylic acid groups (broad SMARTS) is 1. The maximum absolute atomic E-state index is 13.9. The van der Waals surface area contributed by atoms with E-state index in [1.165, 1.54) is 17.5 Å². The molecule has 8 rings (SSSR count). The highest BCUT2D eigenvalue weighted by Gasteiger charge is 2.27. The molecule has 0 atom stereocenters. The predicted molar refractivity (Wildman–Crippen MR) is 213 cm³/mol. The molecule has 0 radical (unpaired) electrons. The first-order valence-corrected chi connectivity index (χ1v) is 19.0. The quantitative estimate of drug-likeness (QED) is 0.117. The largest absolute Gasteiger partial charge is 0.490 e. The van der Waals surface area contributed by atoms with Crippen molar-refractivity contribution in [1.82, 2.24) is 29.0 Å². The van der Waals surface area contributed by atoms with Crippen molar-refractivity contribution in [2.24, 2.45) is 0 Å². The third-order valence-electron chi connectivity index (χ3n) is 9.81. The molecule has 3 aromatic carbocycles. The lowest BCUT2D eigenvalue weighted by molar-refractivity contribution is 0.0637.